The number of hydrogen-bond donors (Lipinski definition) is 1. The van der Waals surface area contributed by atoms with Gasteiger partial charge in [-0.2, -0.15) is 0 Å². The Balaban J connectivity index is 1.34. The molecule has 0 spiro atoms. The summed E-state index contributed by atoms with van der Waals surface area (Å²) < 4.78 is 12.4. The number of ether oxygens (including phenoxy) is 1. The number of fused-ring (bicyclic) bond motifs is 1. The number of thiazole rings is 1. The van der Waals surface area contributed by atoms with Gasteiger partial charge in [-0.15, -0.1) is 0 Å². The minimum atomic E-state index is 0.474. The fourth-order valence-electron chi connectivity index (χ4n) is 3.53. The molecule has 1 saturated carbocycles. The van der Waals surface area contributed by atoms with Gasteiger partial charge in [0.2, 0.25) is 5.89 Å². The van der Waals surface area contributed by atoms with Crippen LogP contribution in [0.4, 0.5) is 5.13 Å². The molecule has 3 heterocycles. The molecule has 4 aromatic rings. The molecule has 7 heteroatoms. The van der Waals surface area contributed by atoms with Gasteiger partial charge in [0.25, 0.3) is 0 Å². The van der Waals surface area contributed by atoms with Crippen LogP contribution in [0, 0.1) is 0 Å². The Bertz CT molecular complexity index is 1070. The molecule has 0 atom stereocenters. The fourth-order valence-corrected chi connectivity index (χ4v) is 4.50. The van der Waals surface area contributed by atoms with Crippen LogP contribution in [0.15, 0.2) is 53.4 Å². The van der Waals surface area contributed by atoms with Crippen molar-refractivity contribution in [2.75, 3.05) is 5.32 Å². The highest BCUT2D eigenvalue weighted by Gasteiger charge is 2.15. The van der Waals surface area contributed by atoms with Crippen LogP contribution in [-0.2, 0) is 0 Å². The normalized spacial score (nSPS) is 15.0. The summed E-state index contributed by atoms with van der Waals surface area (Å²) in [5.41, 5.74) is 1.63. The van der Waals surface area contributed by atoms with Crippen molar-refractivity contribution in [2.24, 2.45) is 0 Å². The smallest absolute Gasteiger partial charge is 0.245 e. The Morgan fingerprint density at radius 2 is 1.89 bits per heavy atom. The van der Waals surface area contributed by atoms with Gasteiger partial charge in [-0.25, -0.2) is 9.97 Å². The van der Waals surface area contributed by atoms with Gasteiger partial charge in [0.05, 0.1) is 16.4 Å². The Kier molecular flexibility index (Phi) is 4.66. The highest BCUT2D eigenvalue weighted by Crippen LogP contribution is 2.33. The van der Waals surface area contributed by atoms with E-state index in [1.807, 2.05) is 30.3 Å². The van der Waals surface area contributed by atoms with E-state index >= 15 is 0 Å². The summed E-state index contributed by atoms with van der Waals surface area (Å²) in [6, 6.07) is 10.2. The largest absolute Gasteiger partial charge is 0.457 e. The van der Waals surface area contributed by atoms with Crippen molar-refractivity contribution in [1.29, 1.82) is 0 Å². The van der Waals surface area contributed by atoms with Crippen LogP contribution in [0.25, 0.3) is 21.8 Å². The van der Waals surface area contributed by atoms with Crippen LogP contribution in [0.2, 0.25) is 0 Å². The SMILES string of the molecule is c1cc(Oc2ccc3nc(NC4CCCCC4)sc3c2)cc(-c2ncco2)n1. The molecule has 1 fully saturated rings. The van der Waals surface area contributed by atoms with Crippen molar-refractivity contribution in [1.82, 2.24) is 15.0 Å². The zero-order chi connectivity index (χ0) is 18.8. The molecule has 1 N–H and O–H groups in total. The number of nitrogens with zero attached hydrogens (tertiary/aromatic N) is 3. The quantitative estimate of drug-likeness (QED) is 0.457. The van der Waals surface area contributed by atoms with E-state index in [9.17, 15) is 0 Å². The van der Waals surface area contributed by atoms with Gasteiger partial charge in [-0.3, -0.25) is 4.98 Å². The Labute approximate surface area is 166 Å². The van der Waals surface area contributed by atoms with Gasteiger partial charge in [0, 0.05) is 24.4 Å². The highest BCUT2D eigenvalue weighted by atomic mass is 32.1. The van der Waals surface area contributed by atoms with E-state index in [1.165, 1.54) is 38.4 Å². The molecule has 0 aliphatic heterocycles. The van der Waals surface area contributed by atoms with Crippen LogP contribution in [0.1, 0.15) is 32.1 Å². The zero-order valence-corrected chi connectivity index (χ0v) is 16.1. The van der Waals surface area contributed by atoms with E-state index in [0.29, 0.717) is 23.4 Å². The standard InChI is InChI=1S/C21H20N4O2S/c1-2-4-14(5-3-1)24-21-25-17-7-6-15(13-19(17)28-21)27-16-8-9-22-18(12-16)20-23-10-11-26-20/h6-14H,1-5H2,(H,24,25). The molecule has 1 aliphatic carbocycles. The number of anilines is 1. The number of rotatable bonds is 5. The van der Waals surface area contributed by atoms with Crippen LogP contribution < -0.4 is 10.1 Å². The maximum absolute atomic E-state index is 6.03. The van der Waals surface area contributed by atoms with Crippen LogP contribution >= 0.6 is 11.3 Å². The van der Waals surface area contributed by atoms with Gasteiger partial charge in [-0.05, 0) is 31.0 Å². The molecule has 6 nitrogen and oxygen atoms in total. The lowest BCUT2D eigenvalue weighted by Gasteiger charge is -2.22. The Morgan fingerprint density at radius 1 is 1.00 bits per heavy atom. The van der Waals surface area contributed by atoms with Crippen LogP contribution in [-0.4, -0.2) is 21.0 Å². The number of benzene rings is 1. The predicted molar refractivity (Wildman–Crippen MR) is 110 cm³/mol. The van der Waals surface area contributed by atoms with E-state index < -0.39 is 0 Å². The van der Waals surface area contributed by atoms with Gasteiger partial charge in [0.15, 0.2) is 5.13 Å². The van der Waals surface area contributed by atoms with Gasteiger partial charge in [-0.1, -0.05) is 30.6 Å². The first kappa shape index (κ1) is 17.2. The lowest BCUT2D eigenvalue weighted by molar-refractivity contribution is 0.462. The van der Waals surface area contributed by atoms with Gasteiger partial charge < -0.3 is 14.5 Å². The summed E-state index contributed by atoms with van der Waals surface area (Å²) in [4.78, 5) is 13.1. The molecule has 1 aliphatic rings. The summed E-state index contributed by atoms with van der Waals surface area (Å²) >= 11 is 1.68. The molecule has 3 aromatic heterocycles. The third-order valence-electron chi connectivity index (χ3n) is 4.91. The minimum Gasteiger partial charge on any atom is -0.457 e. The summed E-state index contributed by atoms with van der Waals surface area (Å²) in [6.45, 7) is 0. The molecule has 0 amide bonds. The molecule has 0 unspecified atom stereocenters. The molecule has 0 radical (unpaired) electrons. The average molecular weight is 392 g/mol. The van der Waals surface area contributed by atoms with Crippen LogP contribution in [0.3, 0.4) is 0 Å². The van der Waals surface area contributed by atoms with E-state index in [0.717, 1.165) is 21.1 Å². The maximum Gasteiger partial charge on any atom is 0.245 e. The number of aromatic nitrogens is 3. The minimum absolute atomic E-state index is 0.474. The molecule has 28 heavy (non-hydrogen) atoms. The number of oxazole rings is 1. The van der Waals surface area contributed by atoms with Crippen molar-refractivity contribution in [2.45, 2.75) is 38.1 Å². The first-order chi connectivity index (χ1) is 13.8. The van der Waals surface area contributed by atoms with Crippen LogP contribution in [0.5, 0.6) is 11.5 Å². The first-order valence-electron chi connectivity index (χ1n) is 9.54. The molecular formula is C21H20N4O2S. The molecule has 0 bridgehead atoms. The second-order valence-electron chi connectivity index (χ2n) is 6.94. The summed E-state index contributed by atoms with van der Waals surface area (Å²) in [5, 5.41) is 4.60. The van der Waals surface area contributed by atoms with E-state index in [4.69, 9.17) is 14.1 Å². The topological polar surface area (TPSA) is 73.1 Å². The van der Waals surface area contributed by atoms with E-state index in [-0.39, 0.29) is 0 Å². The van der Waals surface area contributed by atoms with E-state index in [2.05, 4.69) is 15.3 Å². The number of pyridine rings is 1. The molecule has 1 aromatic carbocycles. The number of hydrogen-bond acceptors (Lipinski definition) is 7. The Hall–Kier alpha value is -2.93. The highest BCUT2D eigenvalue weighted by molar-refractivity contribution is 7.22. The van der Waals surface area contributed by atoms with Crippen molar-refractivity contribution in [3.63, 3.8) is 0 Å². The second-order valence-corrected chi connectivity index (χ2v) is 7.97. The molecule has 0 saturated heterocycles. The Morgan fingerprint density at radius 3 is 2.75 bits per heavy atom. The second kappa shape index (κ2) is 7.59. The molecule has 142 valence electrons. The first-order valence-corrected chi connectivity index (χ1v) is 10.4. The predicted octanol–water partition coefficient (Wildman–Crippen LogP) is 5.88. The van der Waals surface area contributed by atoms with Crippen molar-refractivity contribution in [3.05, 3.63) is 49.0 Å². The monoisotopic (exact) mass is 392 g/mol. The summed E-state index contributed by atoms with van der Waals surface area (Å²) in [5.74, 6) is 1.93. The van der Waals surface area contributed by atoms with Crippen molar-refractivity contribution in [3.8, 4) is 23.1 Å². The third kappa shape index (κ3) is 3.71. The third-order valence-corrected chi connectivity index (χ3v) is 5.86. The van der Waals surface area contributed by atoms with Gasteiger partial charge in [0.1, 0.15) is 23.5 Å². The lowest BCUT2D eigenvalue weighted by Crippen LogP contribution is -2.21. The zero-order valence-electron chi connectivity index (χ0n) is 15.3. The van der Waals surface area contributed by atoms with Gasteiger partial charge >= 0.3 is 0 Å². The summed E-state index contributed by atoms with van der Waals surface area (Å²) in [6.07, 6.45) is 11.3. The van der Waals surface area contributed by atoms with E-state index in [1.54, 1.807) is 23.7 Å². The average Bonchev–Trinajstić information content (AvgIpc) is 3.38. The van der Waals surface area contributed by atoms with Crippen molar-refractivity contribution >= 4 is 26.7 Å². The fraction of sp³-hybridized carbons (Fsp3) is 0.286. The molecular weight excluding hydrogens is 372 g/mol. The maximum atomic E-state index is 6.03. The summed E-state index contributed by atoms with van der Waals surface area (Å²) in [7, 11) is 0. The lowest BCUT2D eigenvalue weighted by atomic mass is 9.96. The molecule has 5 rings (SSSR count). The number of nitrogens with one attached hydrogen (secondary N) is 1. The van der Waals surface area contributed by atoms with Crippen molar-refractivity contribution < 1.29 is 9.15 Å².